The first kappa shape index (κ1) is 21.4. The third kappa shape index (κ3) is 4.30. The van der Waals surface area contributed by atoms with Crippen LogP contribution in [0.25, 0.3) is 11.3 Å². The van der Waals surface area contributed by atoms with Crippen molar-refractivity contribution in [2.45, 2.75) is 19.8 Å². The third-order valence-electron chi connectivity index (χ3n) is 5.68. The molecule has 0 atom stereocenters. The van der Waals surface area contributed by atoms with E-state index < -0.39 is 10.2 Å². The van der Waals surface area contributed by atoms with Crippen molar-refractivity contribution in [1.82, 2.24) is 18.5 Å². The fourth-order valence-corrected chi connectivity index (χ4v) is 6.04. The summed E-state index contributed by atoms with van der Waals surface area (Å²) in [6.45, 7) is 4.45. The Morgan fingerprint density at radius 1 is 0.967 bits per heavy atom. The number of halogens is 1. The highest BCUT2D eigenvalue weighted by Crippen LogP contribution is 2.24. The molecule has 0 aliphatic carbocycles. The molecule has 1 amide bonds. The summed E-state index contributed by atoms with van der Waals surface area (Å²) in [5, 5.41) is 0. The fraction of sp³-hybridized carbons (Fsp3) is 0.429. The lowest BCUT2D eigenvalue weighted by Gasteiger charge is -2.36. The average molecular weight is 493 g/mol. The van der Waals surface area contributed by atoms with Crippen LogP contribution in [0.15, 0.2) is 40.9 Å². The molecule has 2 aromatic rings. The molecular weight excluding hydrogens is 468 g/mol. The van der Waals surface area contributed by atoms with Gasteiger partial charge >= 0.3 is 0 Å². The molecule has 3 heterocycles. The standard InChI is InChI=1S/C21H25BrN4O3S/c1-16-19(7-8-20(23-16)17-5-4-6-18(22)15-17)21(27)24-11-13-26(14-12-24)30(28,29)25-9-2-3-10-25/h4-8,15H,2-3,9-14H2,1H3. The number of aryl methyl sites for hydroxylation is 1. The van der Waals surface area contributed by atoms with Crippen LogP contribution in [-0.4, -0.2) is 72.1 Å². The van der Waals surface area contributed by atoms with Gasteiger partial charge in [-0.15, -0.1) is 0 Å². The van der Waals surface area contributed by atoms with Crippen molar-refractivity contribution in [3.8, 4) is 11.3 Å². The van der Waals surface area contributed by atoms with E-state index in [-0.39, 0.29) is 5.91 Å². The molecule has 2 saturated heterocycles. The van der Waals surface area contributed by atoms with E-state index in [2.05, 4.69) is 20.9 Å². The summed E-state index contributed by atoms with van der Waals surface area (Å²) in [6, 6.07) is 11.5. The molecule has 0 saturated carbocycles. The quantitative estimate of drug-likeness (QED) is 0.657. The maximum atomic E-state index is 13.0. The molecule has 1 aromatic carbocycles. The number of hydrogen-bond acceptors (Lipinski definition) is 4. The first-order valence-corrected chi connectivity index (χ1v) is 12.3. The molecule has 160 valence electrons. The Kier molecular flexibility index (Phi) is 6.24. The van der Waals surface area contributed by atoms with E-state index in [0.717, 1.165) is 28.6 Å². The smallest absolute Gasteiger partial charge is 0.282 e. The Bertz CT molecular complexity index is 1050. The van der Waals surface area contributed by atoms with Gasteiger partial charge in [-0.05, 0) is 44.0 Å². The number of aromatic nitrogens is 1. The Balaban J connectivity index is 1.44. The number of nitrogens with zero attached hydrogens (tertiary/aromatic N) is 4. The van der Waals surface area contributed by atoms with Crippen molar-refractivity contribution in [3.05, 3.63) is 52.1 Å². The van der Waals surface area contributed by atoms with Gasteiger partial charge in [-0.2, -0.15) is 17.0 Å². The van der Waals surface area contributed by atoms with Crippen molar-refractivity contribution in [2.24, 2.45) is 0 Å². The molecule has 4 rings (SSSR count). The Labute approximate surface area is 186 Å². The second-order valence-corrected chi connectivity index (χ2v) is 10.5. The Morgan fingerprint density at radius 2 is 1.63 bits per heavy atom. The van der Waals surface area contributed by atoms with Crippen molar-refractivity contribution < 1.29 is 13.2 Å². The van der Waals surface area contributed by atoms with Gasteiger partial charge in [0.05, 0.1) is 17.0 Å². The van der Waals surface area contributed by atoms with E-state index in [1.165, 1.54) is 4.31 Å². The molecule has 1 aromatic heterocycles. The summed E-state index contributed by atoms with van der Waals surface area (Å²) < 4.78 is 29.5. The molecule has 0 spiro atoms. The zero-order valence-electron chi connectivity index (χ0n) is 16.9. The number of hydrogen-bond donors (Lipinski definition) is 0. The van der Waals surface area contributed by atoms with Gasteiger partial charge in [0.1, 0.15) is 0 Å². The molecule has 0 unspecified atom stereocenters. The van der Waals surface area contributed by atoms with Gasteiger partial charge in [0.15, 0.2) is 0 Å². The van der Waals surface area contributed by atoms with E-state index in [1.807, 2.05) is 43.3 Å². The van der Waals surface area contributed by atoms with Crippen LogP contribution in [0.1, 0.15) is 28.9 Å². The van der Waals surface area contributed by atoms with Gasteiger partial charge < -0.3 is 4.90 Å². The monoisotopic (exact) mass is 492 g/mol. The van der Waals surface area contributed by atoms with Crippen LogP contribution in [0.2, 0.25) is 0 Å². The van der Waals surface area contributed by atoms with Crippen molar-refractivity contribution in [2.75, 3.05) is 39.3 Å². The Morgan fingerprint density at radius 3 is 2.27 bits per heavy atom. The van der Waals surface area contributed by atoms with Crippen LogP contribution in [-0.2, 0) is 10.2 Å². The lowest BCUT2D eigenvalue weighted by Crippen LogP contribution is -2.53. The van der Waals surface area contributed by atoms with Crippen LogP contribution >= 0.6 is 15.9 Å². The van der Waals surface area contributed by atoms with Crippen molar-refractivity contribution in [1.29, 1.82) is 0 Å². The van der Waals surface area contributed by atoms with Gasteiger partial charge in [0.2, 0.25) is 0 Å². The lowest BCUT2D eigenvalue weighted by atomic mass is 10.1. The second kappa shape index (κ2) is 8.74. The molecule has 2 aliphatic heterocycles. The summed E-state index contributed by atoms with van der Waals surface area (Å²) in [6.07, 6.45) is 1.83. The van der Waals surface area contributed by atoms with Crippen LogP contribution in [0, 0.1) is 6.92 Å². The predicted molar refractivity (Wildman–Crippen MR) is 119 cm³/mol. The number of rotatable bonds is 4. The predicted octanol–water partition coefficient (Wildman–Crippen LogP) is 2.92. The van der Waals surface area contributed by atoms with Crippen LogP contribution in [0.3, 0.4) is 0 Å². The van der Waals surface area contributed by atoms with Gasteiger partial charge in [-0.25, -0.2) is 0 Å². The molecule has 0 bridgehead atoms. The zero-order valence-corrected chi connectivity index (χ0v) is 19.3. The maximum Gasteiger partial charge on any atom is 0.282 e. The maximum absolute atomic E-state index is 13.0. The van der Waals surface area contributed by atoms with E-state index >= 15 is 0 Å². The minimum Gasteiger partial charge on any atom is -0.336 e. The van der Waals surface area contributed by atoms with Crippen LogP contribution < -0.4 is 0 Å². The third-order valence-corrected chi connectivity index (χ3v) is 8.21. The molecule has 0 N–H and O–H groups in total. The SMILES string of the molecule is Cc1nc(-c2cccc(Br)c2)ccc1C(=O)N1CCN(S(=O)(=O)N2CCCC2)CC1. The fourth-order valence-electron chi connectivity index (χ4n) is 3.97. The number of piperazine rings is 1. The molecular formula is C21H25BrN4O3S. The first-order valence-electron chi connectivity index (χ1n) is 10.1. The van der Waals surface area contributed by atoms with E-state index in [1.54, 1.807) is 9.21 Å². The number of carbonyl (C=O) groups excluding carboxylic acids is 1. The van der Waals surface area contributed by atoms with E-state index in [0.29, 0.717) is 50.5 Å². The summed E-state index contributed by atoms with van der Waals surface area (Å²) in [4.78, 5) is 19.4. The minimum atomic E-state index is -3.41. The highest BCUT2D eigenvalue weighted by Gasteiger charge is 2.35. The van der Waals surface area contributed by atoms with Crippen LogP contribution in [0.4, 0.5) is 0 Å². The summed E-state index contributed by atoms with van der Waals surface area (Å²) in [7, 11) is -3.41. The number of carbonyl (C=O) groups is 1. The largest absolute Gasteiger partial charge is 0.336 e. The second-order valence-electron chi connectivity index (χ2n) is 7.64. The minimum absolute atomic E-state index is 0.0981. The molecule has 0 radical (unpaired) electrons. The molecule has 30 heavy (non-hydrogen) atoms. The van der Waals surface area contributed by atoms with E-state index in [4.69, 9.17) is 0 Å². The van der Waals surface area contributed by atoms with E-state index in [9.17, 15) is 13.2 Å². The molecule has 9 heteroatoms. The number of pyridine rings is 1. The highest BCUT2D eigenvalue weighted by atomic mass is 79.9. The van der Waals surface area contributed by atoms with Crippen molar-refractivity contribution in [3.63, 3.8) is 0 Å². The van der Waals surface area contributed by atoms with Gasteiger partial charge in [0.25, 0.3) is 16.1 Å². The summed E-state index contributed by atoms with van der Waals surface area (Å²) in [5.74, 6) is -0.0981. The molecule has 2 fully saturated rings. The van der Waals surface area contributed by atoms with Gasteiger partial charge in [-0.3, -0.25) is 9.78 Å². The summed E-state index contributed by atoms with van der Waals surface area (Å²) in [5.41, 5.74) is 3.02. The average Bonchev–Trinajstić information content (AvgIpc) is 3.29. The summed E-state index contributed by atoms with van der Waals surface area (Å²) >= 11 is 3.47. The Hall–Kier alpha value is -1.81. The molecule has 7 nitrogen and oxygen atoms in total. The normalized spacial score (nSPS) is 18.7. The van der Waals surface area contributed by atoms with Crippen LogP contribution in [0.5, 0.6) is 0 Å². The first-order chi connectivity index (χ1) is 14.4. The number of benzene rings is 1. The van der Waals surface area contributed by atoms with Gasteiger partial charge in [0, 0.05) is 49.3 Å². The highest BCUT2D eigenvalue weighted by molar-refractivity contribution is 9.10. The topological polar surface area (TPSA) is 73.8 Å². The molecule has 2 aliphatic rings. The number of amides is 1. The zero-order chi connectivity index (χ0) is 21.3. The van der Waals surface area contributed by atoms with Gasteiger partial charge in [-0.1, -0.05) is 28.1 Å². The van der Waals surface area contributed by atoms with Crippen molar-refractivity contribution >= 4 is 32.0 Å². The lowest BCUT2D eigenvalue weighted by molar-refractivity contribution is 0.0693.